The van der Waals surface area contributed by atoms with Crippen LogP contribution in [-0.2, 0) is 0 Å². The number of hydrogen-bond donors (Lipinski definition) is 1. The SMILES string of the molecule is C=CCOc1ccc(C(=O)N[C@H](C)c2cc(C)ccc2C)cc1. The molecule has 0 bridgehead atoms. The lowest BCUT2D eigenvalue weighted by Crippen LogP contribution is -2.27. The van der Waals surface area contributed by atoms with Crippen LogP contribution in [0.25, 0.3) is 0 Å². The van der Waals surface area contributed by atoms with Crippen molar-refractivity contribution < 1.29 is 9.53 Å². The Kier molecular flexibility index (Phi) is 5.58. The first-order chi connectivity index (χ1) is 11.0. The van der Waals surface area contributed by atoms with E-state index < -0.39 is 0 Å². The molecule has 1 N–H and O–H groups in total. The van der Waals surface area contributed by atoms with E-state index >= 15 is 0 Å². The Balaban J connectivity index is 2.06. The summed E-state index contributed by atoms with van der Waals surface area (Å²) in [5.74, 6) is 0.637. The summed E-state index contributed by atoms with van der Waals surface area (Å²) in [5.41, 5.74) is 4.13. The minimum Gasteiger partial charge on any atom is -0.490 e. The van der Waals surface area contributed by atoms with Crippen LogP contribution >= 0.6 is 0 Å². The number of hydrogen-bond acceptors (Lipinski definition) is 2. The van der Waals surface area contributed by atoms with Gasteiger partial charge >= 0.3 is 0 Å². The number of carbonyl (C=O) groups excluding carboxylic acids is 1. The van der Waals surface area contributed by atoms with E-state index in [4.69, 9.17) is 4.74 Å². The zero-order valence-electron chi connectivity index (χ0n) is 13.9. The van der Waals surface area contributed by atoms with Crippen LogP contribution in [0.3, 0.4) is 0 Å². The van der Waals surface area contributed by atoms with Crippen molar-refractivity contribution in [3.8, 4) is 5.75 Å². The van der Waals surface area contributed by atoms with Gasteiger partial charge in [-0.15, -0.1) is 0 Å². The van der Waals surface area contributed by atoms with Crippen LogP contribution in [-0.4, -0.2) is 12.5 Å². The van der Waals surface area contributed by atoms with Crippen LogP contribution in [0.2, 0.25) is 0 Å². The molecule has 2 aromatic carbocycles. The topological polar surface area (TPSA) is 38.3 Å². The van der Waals surface area contributed by atoms with E-state index in [1.54, 1.807) is 30.3 Å². The van der Waals surface area contributed by atoms with Gasteiger partial charge in [0.2, 0.25) is 0 Å². The largest absolute Gasteiger partial charge is 0.490 e. The molecule has 23 heavy (non-hydrogen) atoms. The molecule has 1 atom stereocenters. The number of carbonyl (C=O) groups is 1. The fourth-order valence-corrected chi connectivity index (χ4v) is 2.44. The Labute approximate surface area is 138 Å². The molecular weight excluding hydrogens is 286 g/mol. The highest BCUT2D eigenvalue weighted by Crippen LogP contribution is 2.20. The predicted molar refractivity (Wildman–Crippen MR) is 93.9 cm³/mol. The van der Waals surface area contributed by atoms with Gasteiger partial charge in [-0.1, -0.05) is 36.4 Å². The monoisotopic (exact) mass is 309 g/mol. The quantitative estimate of drug-likeness (QED) is 0.805. The van der Waals surface area contributed by atoms with Gasteiger partial charge in [0, 0.05) is 5.56 Å². The molecule has 1 amide bonds. The Morgan fingerprint density at radius 1 is 1.22 bits per heavy atom. The summed E-state index contributed by atoms with van der Waals surface area (Å²) in [6.45, 7) is 10.2. The van der Waals surface area contributed by atoms with Crippen LogP contribution in [0.5, 0.6) is 5.75 Å². The van der Waals surface area contributed by atoms with E-state index in [2.05, 4.69) is 43.9 Å². The molecule has 0 aliphatic rings. The molecule has 3 nitrogen and oxygen atoms in total. The van der Waals surface area contributed by atoms with E-state index in [9.17, 15) is 4.79 Å². The number of ether oxygens (including phenoxy) is 1. The lowest BCUT2D eigenvalue weighted by Gasteiger charge is -2.17. The summed E-state index contributed by atoms with van der Waals surface area (Å²) in [4.78, 5) is 12.4. The summed E-state index contributed by atoms with van der Waals surface area (Å²) in [7, 11) is 0. The summed E-state index contributed by atoms with van der Waals surface area (Å²) in [6, 6.07) is 13.4. The first-order valence-electron chi connectivity index (χ1n) is 7.73. The summed E-state index contributed by atoms with van der Waals surface area (Å²) in [6.07, 6.45) is 1.69. The molecule has 120 valence electrons. The molecule has 0 saturated heterocycles. The van der Waals surface area contributed by atoms with Crippen LogP contribution in [0.15, 0.2) is 55.1 Å². The van der Waals surface area contributed by atoms with Gasteiger partial charge in [0.05, 0.1) is 6.04 Å². The number of nitrogens with one attached hydrogen (secondary N) is 1. The van der Waals surface area contributed by atoms with Crippen LogP contribution < -0.4 is 10.1 Å². The average molecular weight is 309 g/mol. The van der Waals surface area contributed by atoms with Crippen molar-refractivity contribution in [1.29, 1.82) is 0 Å². The molecule has 2 aromatic rings. The molecule has 2 rings (SSSR count). The van der Waals surface area contributed by atoms with Crippen LogP contribution in [0.4, 0.5) is 0 Å². The molecule has 0 unspecified atom stereocenters. The second kappa shape index (κ2) is 7.63. The molecule has 0 fully saturated rings. The second-order valence-electron chi connectivity index (χ2n) is 5.68. The number of amides is 1. The van der Waals surface area contributed by atoms with E-state index in [1.807, 2.05) is 6.92 Å². The average Bonchev–Trinajstić information content (AvgIpc) is 2.55. The van der Waals surface area contributed by atoms with Crippen molar-refractivity contribution in [2.75, 3.05) is 6.61 Å². The van der Waals surface area contributed by atoms with Crippen molar-refractivity contribution in [1.82, 2.24) is 5.32 Å². The maximum Gasteiger partial charge on any atom is 0.251 e. The van der Waals surface area contributed by atoms with E-state index in [0.29, 0.717) is 12.2 Å². The third-order valence-corrected chi connectivity index (χ3v) is 3.73. The summed E-state index contributed by atoms with van der Waals surface area (Å²) in [5, 5.41) is 3.05. The van der Waals surface area contributed by atoms with Crippen LogP contribution in [0, 0.1) is 13.8 Å². The maximum absolute atomic E-state index is 12.4. The van der Waals surface area contributed by atoms with Crippen LogP contribution in [0.1, 0.15) is 40.0 Å². The molecule has 0 aliphatic carbocycles. The molecular formula is C20H23NO2. The Hall–Kier alpha value is -2.55. The fraction of sp³-hybridized carbons (Fsp3) is 0.250. The van der Waals surface area contributed by atoms with Gasteiger partial charge in [0.15, 0.2) is 0 Å². The zero-order valence-corrected chi connectivity index (χ0v) is 13.9. The summed E-state index contributed by atoms with van der Waals surface area (Å²) >= 11 is 0. The van der Waals surface area contributed by atoms with E-state index in [1.165, 1.54) is 11.1 Å². The van der Waals surface area contributed by atoms with Gasteiger partial charge in [-0.25, -0.2) is 0 Å². The van der Waals surface area contributed by atoms with Crippen molar-refractivity contribution >= 4 is 5.91 Å². The van der Waals surface area contributed by atoms with Crippen molar-refractivity contribution in [2.45, 2.75) is 26.8 Å². The predicted octanol–water partition coefficient (Wildman–Crippen LogP) is 4.36. The van der Waals surface area contributed by atoms with Gasteiger partial charge in [0.25, 0.3) is 5.91 Å². The maximum atomic E-state index is 12.4. The lowest BCUT2D eigenvalue weighted by atomic mass is 10.00. The molecule has 0 aliphatic heterocycles. The third-order valence-electron chi connectivity index (χ3n) is 3.73. The highest BCUT2D eigenvalue weighted by atomic mass is 16.5. The lowest BCUT2D eigenvalue weighted by molar-refractivity contribution is 0.0940. The zero-order chi connectivity index (χ0) is 16.8. The molecule has 0 aromatic heterocycles. The van der Waals surface area contributed by atoms with Crippen molar-refractivity contribution in [2.24, 2.45) is 0 Å². The highest BCUT2D eigenvalue weighted by Gasteiger charge is 2.13. The third kappa shape index (κ3) is 4.46. The first kappa shape index (κ1) is 16.8. The minimum atomic E-state index is -0.0892. The summed E-state index contributed by atoms with van der Waals surface area (Å²) < 4.78 is 5.42. The smallest absolute Gasteiger partial charge is 0.251 e. The Morgan fingerprint density at radius 2 is 1.91 bits per heavy atom. The molecule has 0 spiro atoms. The van der Waals surface area contributed by atoms with Gasteiger partial charge in [-0.2, -0.15) is 0 Å². The van der Waals surface area contributed by atoms with Crippen molar-refractivity contribution in [3.05, 3.63) is 77.4 Å². The van der Waals surface area contributed by atoms with E-state index in [0.717, 1.165) is 11.3 Å². The number of rotatable bonds is 6. The number of aryl methyl sites for hydroxylation is 2. The fourth-order valence-electron chi connectivity index (χ4n) is 2.44. The van der Waals surface area contributed by atoms with Crippen molar-refractivity contribution in [3.63, 3.8) is 0 Å². The minimum absolute atomic E-state index is 0.0425. The number of benzene rings is 2. The molecule has 0 saturated carbocycles. The van der Waals surface area contributed by atoms with Gasteiger partial charge in [0.1, 0.15) is 12.4 Å². The standard InChI is InChI=1S/C20H23NO2/c1-5-12-23-18-10-8-17(9-11-18)20(22)21-16(4)19-13-14(2)6-7-15(19)3/h5-11,13,16H,1,12H2,2-4H3,(H,21,22)/t16-/m1/s1. The van der Waals surface area contributed by atoms with Gasteiger partial charge in [-0.3, -0.25) is 4.79 Å². The molecule has 0 radical (unpaired) electrons. The Bertz CT molecular complexity index is 689. The molecule has 3 heteroatoms. The normalized spacial score (nSPS) is 11.6. The van der Waals surface area contributed by atoms with Gasteiger partial charge < -0.3 is 10.1 Å². The van der Waals surface area contributed by atoms with E-state index in [-0.39, 0.29) is 11.9 Å². The first-order valence-corrected chi connectivity index (χ1v) is 7.73. The highest BCUT2D eigenvalue weighted by molar-refractivity contribution is 5.94. The Morgan fingerprint density at radius 3 is 2.57 bits per heavy atom. The second-order valence-corrected chi connectivity index (χ2v) is 5.68. The van der Waals surface area contributed by atoms with Gasteiger partial charge in [-0.05, 0) is 56.2 Å². The molecule has 0 heterocycles.